The quantitative estimate of drug-likeness (QED) is 0.693. The lowest BCUT2D eigenvalue weighted by Gasteiger charge is -2.27. The summed E-state index contributed by atoms with van der Waals surface area (Å²) in [6.07, 6.45) is 5.79. The van der Waals surface area contributed by atoms with E-state index in [2.05, 4.69) is 19.6 Å². The second kappa shape index (κ2) is 8.48. The normalized spacial score (nSPS) is 19.6. The number of carbonyl (C=O) groups is 1. The van der Waals surface area contributed by atoms with Crippen LogP contribution in [0.3, 0.4) is 0 Å². The van der Waals surface area contributed by atoms with Gasteiger partial charge in [0.25, 0.3) is 5.91 Å². The molecule has 1 amide bonds. The van der Waals surface area contributed by atoms with Crippen molar-refractivity contribution in [1.82, 2.24) is 4.90 Å². The van der Waals surface area contributed by atoms with Crippen molar-refractivity contribution in [2.45, 2.75) is 52.0 Å². The number of quaternary nitrogens is 1. The minimum Gasteiger partial charge on any atom is -0.378 e. The summed E-state index contributed by atoms with van der Waals surface area (Å²) in [7, 11) is 0. The number of unbranched alkanes of at least 4 members (excludes halogenated alkanes) is 1. The fourth-order valence-corrected chi connectivity index (χ4v) is 2.25. The molecule has 0 aromatic heterocycles. The summed E-state index contributed by atoms with van der Waals surface area (Å²) in [6.45, 7) is 7.34. The molecule has 106 valence electrons. The molecule has 1 rings (SSSR count). The van der Waals surface area contributed by atoms with Crippen LogP contribution >= 0.6 is 0 Å². The maximum absolute atomic E-state index is 12.1. The number of nitrogens with zero attached hydrogens (tertiary/aromatic N) is 1. The Kier molecular flexibility index (Phi) is 7.28. The summed E-state index contributed by atoms with van der Waals surface area (Å²) in [4.78, 5) is 14.0. The molecule has 0 bridgehead atoms. The van der Waals surface area contributed by atoms with Gasteiger partial charge in [-0.15, -0.1) is 0 Å². The molecular formula is C14H29N2O2+. The van der Waals surface area contributed by atoms with Gasteiger partial charge in [0.15, 0.2) is 6.04 Å². The van der Waals surface area contributed by atoms with Crippen molar-refractivity contribution in [1.29, 1.82) is 0 Å². The largest absolute Gasteiger partial charge is 0.378 e. The SMILES string of the molecule is CCC(C)CCCCC([NH3+])C(=O)N1CCOCC1. The standard InChI is InChI=1S/C14H28N2O2/c1-3-12(2)6-4-5-7-13(15)14(17)16-8-10-18-11-9-16/h12-13H,3-11,15H2,1-2H3/p+1. The highest BCUT2D eigenvalue weighted by molar-refractivity contribution is 5.80. The van der Waals surface area contributed by atoms with Crippen molar-refractivity contribution in [3.63, 3.8) is 0 Å². The van der Waals surface area contributed by atoms with Gasteiger partial charge >= 0.3 is 0 Å². The fraction of sp³-hybridized carbons (Fsp3) is 0.929. The van der Waals surface area contributed by atoms with Crippen molar-refractivity contribution in [3.8, 4) is 0 Å². The van der Waals surface area contributed by atoms with E-state index in [0.717, 1.165) is 31.8 Å². The Morgan fingerprint density at radius 1 is 1.28 bits per heavy atom. The van der Waals surface area contributed by atoms with Crippen LogP contribution in [0.2, 0.25) is 0 Å². The molecule has 0 radical (unpaired) electrons. The number of ether oxygens (including phenoxy) is 1. The first-order valence-electron chi connectivity index (χ1n) is 7.34. The summed E-state index contributed by atoms with van der Waals surface area (Å²) in [5.41, 5.74) is 4.02. The van der Waals surface area contributed by atoms with Gasteiger partial charge in [0.05, 0.1) is 13.2 Å². The minimum atomic E-state index is -0.0694. The zero-order valence-electron chi connectivity index (χ0n) is 12.0. The molecule has 1 heterocycles. The second-order valence-electron chi connectivity index (χ2n) is 5.43. The lowest BCUT2D eigenvalue weighted by Crippen LogP contribution is -2.68. The van der Waals surface area contributed by atoms with Gasteiger partial charge in [-0.25, -0.2) is 0 Å². The Morgan fingerprint density at radius 3 is 2.50 bits per heavy atom. The van der Waals surface area contributed by atoms with E-state index in [4.69, 9.17) is 4.74 Å². The second-order valence-corrected chi connectivity index (χ2v) is 5.43. The number of hydrogen-bond acceptors (Lipinski definition) is 2. The molecule has 0 aliphatic carbocycles. The first-order chi connectivity index (χ1) is 8.65. The molecule has 0 saturated carbocycles. The van der Waals surface area contributed by atoms with Crippen LogP contribution < -0.4 is 5.73 Å². The van der Waals surface area contributed by atoms with E-state index in [-0.39, 0.29) is 11.9 Å². The summed E-state index contributed by atoms with van der Waals surface area (Å²) < 4.78 is 5.25. The van der Waals surface area contributed by atoms with Crippen LogP contribution in [-0.2, 0) is 9.53 Å². The molecule has 0 spiro atoms. The van der Waals surface area contributed by atoms with Crippen LogP contribution in [-0.4, -0.2) is 43.2 Å². The van der Waals surface area contributed by atoms with E-state index < -0.39 is 0 Å². The predicted molar refractivity (Wildman–Crippen MR) is 72.0 cm³/mol. The van der Waals surface area contributed by atoms with Gasteiger partial charge in [-0.2, -0.15) is 0 Å². The van der Waals surface area contributed by atoms with E-state index in [1.807, 2.05) is 4.90 Å². The van der Waals surface area contributed by atoms with Crippen molar-refractivity contribution < 1.29 is 15.3 Å². The highest BCUT2D eigenvalue weighted by atomic mass is 16.5. The van der Waals surface area contributed by atoms with Crippen LogP contribution in [0.1, 0.15) is 46.0 Å². The molecule has 2 unspecified atom stereocenters. The monoisotopic (exact) mass is 257 g/mol. The van der Waals surface area contributed by atoms with Crippen molar-refractivity contribution in [3.05, 3.63) is 0 Å². The molecule has 1 aliphatic heterocycles. The summed E-state index contributed by atoms with van der Waals surface area (Å²) in [5, 5.41) is 0. The molecule has 18 heavy (non-hydrogen) atoms. The van der Waals surface area contributed by atoms with E-state index in [1.165, 1.54) is 19.3 Å². The summed E-state index contributed by atoms with van der Waals surface area (Å²) in [6, 6.07) is -0.0694. The fourth-order valence-electron chi connectivity index (χ4n) is 2.25. The van der Waals surface area contributed by atoms with Crippen molar-refractivity contribution in [2.24, 2.45) is 5.92 Å². The van der Waals surface area contributed by atoms with Crippen LogP contribution in [0, 0.1) is 5.92 Å². The molecular weight excluding hydrogens is 228 g/mol. The average Bonchev–Trinajstić information content (AvgIpc) is 2.43. The van der Waals surface area contributed by atoms with Crippen LogP contribution in [0.5, 0.6) is 0 Å². The Labute approximate surface area is 111 Å². The average molecular weight is 257 g/mol. The van der Waals surface area contributed by atoms with E-state index in [9.17, 15) is 4.79 Å². The highest BCUT2D eigenvalue weighted by Crippen LogP contribution is 2.13. The molecule has 1 aliphatic rings. The van der Waals surface area contributed by atoms with Gasteiger partial charge < -0.3 is 15.4 Å². The zero-order chi connectivity index (χ0) is 13.4. The molecule has 0 aromatic rings. The third-order valence-electron chi connectivity index (χ3n) is 3.87. The van der Waals surface area contributed by atoms with Gasteiger partial charge in [0, 0.05) is 19.5 Å². The Balaban J connectivity index is 2.15. The molecule has 1 saturated heterocycles. The van der Waals surface area contributed by atoms with Gasteiger partial charge in [0.1, 0.15) is 0 Å². The summed E-state index contributed by atoms with van der Waals surface area (Å²) >= 11 is 0. The van der Waals surface area contributed by atoms with Gasteiger partial charge in [-0.1, -0.05) is 33.1 Å². The third-order valence-corrected chi connectivity index (χ3v) is 3.87. The molecule has 1 fully saturated rings. The number of hydrogen-bond donors (Lipinski definition) is 1. The number of amides is 1. The Hall–Kier alpha value is -0.610. The van der Waals surface area contributed by atoms with Crippen LogP contribution in [0.15, 0.2) is 0 Å². The first kappa shape index (κ1) is 15.4. The minimum absolute atomic E-state index is 0.0694. The molecule has 4 nitrogen and oxygen atoms in total. The summed E-state index contributed by atoms with van der Waals surface area (Å²) in [5.74, 6) is 1.02. The number of morpholine rings is 1. The maximum Gasteiger partial charge on any atom is 0.280 e. The van der Waals surface area contributed by atoms with Gasteiger partial charge in [0.2, 0.25) is 0 Å². The van der Waals surface area contributed by atoms with E-state index in [0.29, 0.717) is 13.2 Å². The molecule has 2 atom stereocenters. The molecule has 3 N–H and O–H groups in total. The third kappa shape index (κ3) is 5.36. The lowest BCUT2D eigenvalue weighted by atomic mass is 9.99. The van der Waals surface area contributed by atoms with E-state index >= 15 is 0 Å². The predicted octanol–water partition coefficient (Wildman–Crippen LogP) is 1.06. The number of carbonyl (C=O) groups excluding carboxylic acids is 1. The topological polar surface area (TPSA) is 57.2 Å². The maximum atomic E-state index is 12.1. The van der Waals surface area contributed by atoms with Crippen LogP contribution in [0.4, 0.5) is 0 Å². The Morgan fingerprint density at radius 2 is 1.89 bits per heavy atom. The van der Waals surface area contributed by atoms with Crippen LogP contribution in [0.25, 0.3) is 0 Å². The molecule has 4 heteroatoms. The van der Waals surface area contributed by atoms with Crippen molar-refractivity contribution >= 4 is 5.91 Å². The van der Waals surface area contributed by atoms with Crippen molar-refractivity contribution in [2.75, 3.05) is 26.3 Å². The highest BCUT2D eigenvalue weighted by Gasteiger charge is 2.24. The smallest absolute Gasteiger partial charge is 0.280 e. The van der Waals surface area contributed by atoms with Gasteiger partial charge in [-0.05, 0) is 12.3 Å². The van der Waals surface area contributed by atoms with E-state index in [1.54, 1.807) is 0 Å². The Bertz CT molecular complexity index is 240. The molecule has 0 aromatic carbocycles. The lowest BCUT2D eigenvalue weighted by molar-refractivity contribution is -0.407. The first-order valence-corrected chi connectivity index (χ1v) is 7.34. The van der Waals surface area contributed by atoms with Gasteiger partial charge in [-0.3, -0.25) is 4.79 Å². The zero-order valence-corrected chi connectivity index (χ0v) is 12.0. The number of rotatable bonds is 7.